The number of alkyl halides is 3. The van der Waals surface area contributed by atoms with Crippen molar-refractivity contribution in [1.29, 1.82) is 0 Å². The molecule has 2 N–H and O–H groups in total. The lowest BCUT2D eigenvalue weighted by molar-refractivity contribution is -0.136. The SMILES string of the molecule is CCN(CC)c1ccc(N)c(C(F)(F)F)c1. The summed E-state index contributed by atoms with van der Waals surface area (Å²) in [7, 11) is 0. The van der Waals surface area contributed by atoms with E-state index in [1.807, 2.05) is 18.7 Å². The van der Waals surface area contributed by atoms with Gasteiger partial charge in [0.05, 0.1) is 5.56 Å². The summed E-state index contributed by atoms with van der Waals surface area (Å²) in [5.74, 6) is 0. The normalized spacial score (nSPS) is 11.6. The van der Waals surface area contributed by atoms with Crippen LogP contribution in [0.1, 0.15) is 19.4 Å². The minimum atomic E-state index is -4.40. The van der Waals surface area contributed by atoms with Crippen LogP contribution in [0.5, 0.6) is 0 Å². The van der Waals surface area contributed by atoms with Crippen LogP contribution in [0.25, 0.3) is 0 Å². The molecule has 0 unspecified atom stereocenters. The molecule has 1 aromatic rings. The van der Waals surface area contributed by atoms with Gasteiger partial charge < -0.3 is 10.6 Å². The highest BCUT2D eigenvalue weighted by atomic mass is 19.4. The molecule has 90 valence electrons. The zero-order valence-corrected chi connectivity index (χ0v) is 9.30. The van der Waals surface area contributed by atoms with E-state index in [1.165, 1.54) is 6.07 Å². The molecule has 5 heteroatoms. The third-order valence-electron chi connectivity index (χ3n) is 2.47. The number of nitrogens with two attached hydrogens (primary N) is 1. The van der Waals surface area contributed by atoms with Gasteiger partial charge in [-0.25, -0.2) is 0 Å². The molecule has 0 aromatic heterocycles. The zero-order valence-electron chi connectivity index (χ0n) is 9.30. The standard InChI is InChI=1S/C11H15F3N2/c1-3-16(4-2)8-5-6-10(15)9(7-8)11(12,13)14/h5-7H,3-4,15H2,1-2H3. The van der Waals surface area contributed by atoms with Crippen LogP contribution in [0.3, 0.4) is 0 Å². The summed E-state index contributed by atoms with van der Waals surface area (Å²) in [6.07, 6.45) is -4.40. The first-order valence-electron chi connectivity index (χ1n) is 5.11. The molecule has 0 amide bonds. The van der Waals surface area contributed by atoms with Crippen LogP contribution >= 0.6 is 0 Å². The van der Waals surface area contributed by atoms with Gasteiger partial charge in [-0.3, -0.25) is 0 Å². The second-order valence-corrected chi connectivity index (χ2v) is 3.44. The Morgan fingerprint density at radius 1 is 1.19 bits per heavy atom. The van der Waals surface area contributed by atoms with E-state index in [0.717, 1.165) is 6.07 Å². The van der Waals surface area contributed by atoms with Crippen LogP contribution in [0, 0.1) is 0 Å². The summed E-state index contributed by atoms with van der Waals surface area (Å²) in [5, 5.41) is 0. The molecule has 0 saturated carbocycles. The Balaban J connectivity index is 3.17. The molecular weight excluding hydrogens is 217 g/mol. The van der Waals surface area contributed by atoms with Crippen molar-refractivity contribution in [3.8, 4) is 0 Å². The first kappa shape index (κ1) is 12.7. The van der Waals surface area contributed by atoms with Crippen LogP contribution < -0.4 is 10.6 Å². The Hall–Kier alpha value is -1.39. The predicted molar refractivity (Wildman–Crippen MR) is 59.4 cm³/mol. The summed E-state index contributed by atoms with van der Waals surface area (Å²) in [5.41, 5.74) is 4.87. The van der Waals surface area contributed by atoms with Crippen molar-refractivity contribution in [2.75, 3.05) is 23.7 Å². The number of rotatable bonds is 3. The highest BCUT2D eigenvalue weighted by Gasteiger charge is 2.33. The second kappa shape index (κ2) is 4.63. The van der Waals surface area contributed by atoms with E-state index < -0.39 is 11.7 Å². The average Bonchev–Trinajstić information content (AvgIpc) is 2.20. The highest BCUT2D eigenvalue weighted by molar-refractivity contribution is 5.59. The Bertz CT molecular complexity index is 357. The van der Waals surface area contributed by atoms with Crippen LogP contribution in [-0.2, 0) is 6.18 Å². The van der Waals surface area contributed by atoms with Crippen molar-refractivity contribution in [2.24, 2.45) is 0 Å². The fourth-order valence-electron chi connectivity index (χ4n) is 1.58. The molecule has 0 aliphatic heterocycles. The Morgan fingerprint density at radius 3 is 2.19 bits per heavy atom. The maximum atomic E-state index is 12.6. The summed E-state index contributed by atoms with van der Waals surface area (Å²) < 4.78 is 37.8. The van der Waals surface area contributed by atoms with Gasteiger partial charge in [-0.1, -0.05) is 0 Å². The van der Waals surface area contributed by atoms with Gasteiger partial charge in [-0.05, 0) is 32.0 Å². The molecule has 2 nitrogen and oxygen atoms in total. The van der Waals surface area contributed by atoms with Gasteiger partial charge in [0.15, 0.2) is 0 Å². The lowest BCUT2D eigenvalue weighted by Crippen LogP contribution is -2.22. The van der Waals surface area contributed by atoms with Gasteiger partial charge in [-0.15, -0.1) is 0 Å². The fourth-order valence-corrected chi connectivity index (χ4v) is 1.58. The number of hydrogen-bond donors (Lipinski definition) is 1. The third-order valence-corrected chi connectivity index (χ3v) is 2.47. The highest BCUT2D eigenvalue weighted by Crippen LogP contribution is 2.35. The molecular formula is C11H15F3N2. The van der Waals surface area contributed by atoms with Gasteiger partial charge in [0.1, 0.15) is 0 Å². The van der Waals surface area contributed by atoms with Gasteiger partial charge >= 0.3 is 6.18 Å². The summed E-state index contributed by atoms with van der Waals surface area (Å²) in [6, 6.07) is 4.01. The molecule has 0 fully saturated rings. The average molecular weight is 232 g/mol. The third kappa shape index (κ3) is 2.59. The van der Waals surface area contributed by atoms with Crippen molar-refractivity contribution in [3.63, 3.8) is 0 Å². The largest absolute Gasteiger partial charge is 0.418 e. The number of halogens is 3. The molecule has 0 spiro atoms. The first-order valence-corrected chi connectivity index (χ1v) is 5.11. The Kier molecular flexibility index (Phi) is 3.67. The zero-order chi connectivity index (χ0) is 12.3. The monoisotopic (exact) mass is 232 g/mol. The predicted octanol–water partition coefficient (Wildman–Crippen LogP) is 3.13. The maximum Gasteiger partial charge on any atom is 0.418 e. The van der Waals surface area contributed by atoms with E-state index in [1.54, 1.807) is 6.07 Å². The Morgan fingerprint density at radius 2 is 1.75 bits per heavy atom. The minimum Gasteiger partial charge on any atom is -0.398 e. The molecule has 16 heavy (non-hydrogen) atoms. The molecule has 0 saturated heterocycles. The van der Waals surface area contributed by atoms with Gasteiger partial charge in [0, 0.05) is 24.5 Å². The van der Waals surface area contributed by atoms with Gasteiger partial charge in [0.25, 0.3) is 0 Å². The quantitative estimate of drug-likeness (QED) is 0.811. The molecule has 0 aliphatic rings. The van der Waals surface area contributed by atoms with Crippen molar-refractivity contribution >= 4 is 11.4 Å². The van der Waals surface area contributed by atoms with Crippen LogP contribution in [-0.4, -0.2) is 13.1 Å². The summed E-state index contributed by atoms with van der Waals surface area (Å²) in [6.45, 7) is 5.12. The number of hydrogen-bond acceptors (Lipinski definition) is 2. The van der Waals surface area contributed by atoms with E-state index >= 15 is 0 Å². The number of anilines is 2. The lowest BCUT2D eigenvalue weighted by atomic mass is 10.1. The van der Waals surface area contributed by atoms with Gasteiger partial charge in [-0.2, -0.15) is 13.2 Å². The Labute approximate surface area is 92.9 Å². The molecule has 0 atom stereocenters. The first-order chi connectivity index (χ1) is 7.40. The van der Waals surface area contributed by atoms with Crippen molar-refractivity contribution in [1.82, 2.24) is 0 Å². The van der Waals surface area contributed by atoms with E-state index in [0.29, 0.717) is 18.8 Å². The molecule has 0 radical (unpaired) electrons. The molecule has 0 bridgehead atoms. The van der Waals surface area contributed by atoms with Crippen LogP contribution in [0.15, 0.2) is 18.2 Å². The topological polar surface area (TPSA) is 29.3 Å². The number of benzene rings is 1. The van der Waals surface area contributed by atoms with Crippen molar-refractivity contribution < 1.29 is 13.2 Å². The second-order valence-electron chi connectivity index (χ2n) is 3.44. The van der Waals surface area contributed by atoms with E-state index in [9.17, 15) is 13.2 Å². The van der Waals surface area contributed by atoms with E-state index in [4.69, 9.17) is 5.73 Å². The maximum absolute atomic E-state index is 12.6. The molecule has 0 heterocycles. The van der Waals surface area contributed by atoms with Crippen molar-refractivity contribution in [2.45, 2.75) is 20.0 Å². The smallest absolute Gasteiger partial charge is 0.398 e. The molecule has 0 aliphatic carbocycles. The van der Waals surface area contributed by atoms with Crippen LogP contribution in [0.4, 0.5) is 24.5 Å². The lowest BCUT2D eigenvalue weighted by Gasteiger charge is -2.22. The van der Waals surface area contributed by atoms with Crippen molar-refractivity contribution in [3.05, 3.63) is 23.8 Å². The fraction of sp³-hybridized carbons (Fsp3) is 0.455. The molecule has 1 aromatic carbocycles. The van der Waals surface area contributed by atoms with Crippen LogP contribution in [0.2, 0.25) is 0 Å². The molecule has 1 rings (SSSR count). The van der Waals surface area contributed by atoms with E-state index in [2.05, 4.69) is 0 Å². The van der Waals surface area contributed by atoms with Gasteiger partial charge in [0.2, 0.25) is 0 Å². The number of nitrogens with zero attached hydrogens (tertiary/aromatic N) is 1. The van der Waals surface area contributed by atoms with E-state index in [-0.39, 0.29) is 5.69 Å². The summed E-state index contributed by atoms with van der Waals surface area (Å²) in [4.78, 5) is 1.84. The number of nitrogen functional groups attached to an aromatic ring is 1. The summed E-state index contributed by atoms with van der Waals surface area (Å²) >= 11 is 0. The minimum absolute atomic E-state index is 0.233.